The van der Waals surface area contributed by atoms with Crippen molar-refractivity contribution < 1.29 is 4.74 Å². The summed E-state index contributed by atoms with van der Waals surface area (Å²) < 4.78 is 7.79. The van der Waals surface area contributed by atoms with Crippen molar-refractivity contribution in [1.29, 1.82) is 0 Å². The topological polar surface area (TPSA) is 39.1 Å². The predicted molar refractivity (Wildman–Crippen MR) is 69.4 cm³/mol. The first-order valence-corrected chi connectivity index (χ1v) is 6.29. The number of nitrogens with one attached hydrogen (secondary N) is 1. The molecule has 0 bridgehead atoms. The molecule has 2 heterocycles. The highest BCUT2D eigenvalue weighted by atomic mass is 16.5. The fourth-order valence-corrected chi connectivity index (χ4v) is 2.22. The second-order valence-corrected chi connectivity index (χ2v) is 4.67. The van der Waals surface area contributed by atoms with Gasteiger partial charge in [-0.1, -0.05) is 30.3 Å². The van der Waals surface area contributed by atoms with Gasteiger partial charge in [0.05, 0.1) is 11.7 Å². The molecule has 1 atom stereocenters. The Hall–Kier alpha value is -1.81. The maximum absolute atomic E-state index is 5.73. The van der Waals surface area contributed by atoms with E-state index in [0.29, 0.717) is 18.5 Å². The van der Waals surface area contributed by atoms with Gasteiger partial charge >= 0.3 is 0 Å². The van der Waals surface area contributed by atoms with Crippen molar-refractivity contribution in [3.05, 3.63) is 47.7 Å². The van der Waals surface area contributed by atoms with E-state index < -0.39 is 0 Å². The minimum atomic E-state index is 0.392. The van der Waals surface area contributed by atoms with Crippen LogP contribution in [0.25, 0.3) is 0 Å². The minimum Gasteiger partial charge on any atom is -0.472 e. The summed E-state index contributed by atoms with van der Waals surface area (Å²) in [5, 5.41) is 7.86. The van der Waals surface area contributed by atoms with E-state index in [4.69, 9.17) is 4.74 Å². The van der Waals surface area contributed by atoms with E-state index in [0.717, 1.165) is 18.7 Å². The van der Waals surface area contributed by atoms with Crippen LogP contribution in [0.2, 0.25) is 0 Å². The lowest BCUT2D eigenvalue weighted by Gasteiger charge is -2.21. The lowest BCUT2D eigenvalue weighted by Crippen LogP contribution is -2.31. The van der Waals surface area contributed by atoms with Crippen molar-refractivity contribution in [3.8, 4) is 5.88 Å². The molecule has 94 valence electrons. The van der Waals surface area contributed by atoms with Gasteiger partial charge in [0.15, 0.2) is 0 Å². The summed E-state index contributed by atoms with van der Waals surface area (Å²) in [6, 6.07) is 12.6. The average Bonchev–Trinajstić information content (AvgIpc) is 2.82. The zero-order chi connectivity index (χ0) is 12.4. The summed E-state index contributed by atoms with van der Waals surface area (Å²) in [4.78, 5) is 0. The number of aromatic nitrogens is 2. The van der Waals surface area contributed by atoms with E-state index in [9.17, 15) is 0 Å². The Bertz CT molecular complexity index is 521. The van der Waals surface area contributed by atoms with Gasteiger partial charge in [-0.05, 0) is 12.5 Å². The van der Waals surface area contributed by atoms with E-state index in [1.165, 1.54) is 5.69 Å². The highest BCUT2D eigenvalue weighted by Gasteiger charge is 2.18. The molecule has 0 saturated heterocycles. The van der Waals surface area contributed by atoms with Crippen LogP contribution in [-0.4, -0.2) is 16.3 Å². The maximum atomic E-state index is 5.73. The fraction of sp³-hybridized carbons (Fsp3) is 0.357. The van der Waals surface area contributed by atoms with Crippen LogP contribution in [0.5, 0.6) is 5.88 Å². The second-order valence-electron chi connectivity index (χ2n) is 4.67. The van der Waals surface area contributed by atoms with Gasteiger partial charge in [-0.25, -0.2) is 0 Å². The average molecular weight is 243 g/mol. The van der Waals surface area contributed by atoms with Gasteiger partial charge in [-0.2, -0.15) is 0 Å². The van der Waals surface area contributed by atoms with Crippen molar-refractivity contribution >= 4 is 0 Å². The Balaban J connectivity index is 1.70. The van der Waals surface area contributed by atoms with Crippen LogP contribution < -0.4 is 10.1 Å². The summed E-state index contributed by atoms with van der Waals surface area (Å²) in [6.45, 7) is 4.56. The molecule has 1 aromatic heterocycles. The third kappa shape index (κ3) is 2.24. The highest BCUT2D eigenvalue weighted by molar-refractivity contribution is 5.19. The normalized spacial score (nSPS) is 18.4. The smallest absolute Gasteiger partial charge is 0.233 e. The molecule has 1 N–H and O–H groups in total. The molecular formula is C14H17N3O. The molecule has 4 nitrogen and oxygen atoms in total. The summed E-state index contributed by atoms with van der Waals surface area (Å²) in [7, 11) is 0. The number of ether oxygens (including phenoxy) is 1. The molecule has 0 radical (unpaired) electrons. The Morgan fingerprint density at radius 2 is 2.22 bits per heavy atom. The molecule has 2 aromatic rings. The quantitative estimate of drug-likeness (QED) is 0.897. The molecule has 0 amide bonds. The monoisotopic (exact) mass is 243 g/mol. The highest BCUT2D eigenvalue weighted by Crippen LogP contribution is 2.20. The molecule has 1 unspecified atom stereocenters. The number of rotatable bonds is 3. The maximum Gasteiger partial charge on any atom is 0.233 e. The fourth-order valence-electron chi connectivity index (χ4n) is 2.22. The Labute approximate surface area is 107 Å². The third-order valence-electron chi connectivity index (χ3n) is 3.18. The van der Waals surface area contributed by atoms with Gasteiger partial charge in [0.1, 0.15) is 6.61 Å². The van der Waals surface area contributed by atoms with E-state index in [2.05, 4.69) is 34.2 Å². The van der Waals surface area contributed by atoms with Crippen molar-refractivity contribution in [3.63, 3.8) is 0 Å². The van der Waals surface area contributed by atoms with E-state index in [1.54, 1.807) is 0 Å². The van der Waals surface area contributed by atoms with Crippen LogP contribution in [0.4, 0.5) is 0 Å². The second kappa shape index (κ2) is 4.82. The Kier molecular flexibility index (Phi) is 3.02. The zero-order valence-electron chi connectivity index (χ0n) is 10.5. The molecule has 0 spiro atoms. The lowest BCUT2D eigenvalue weighted by atomic mass is 10.2. The third-order valence-corrected chi connectivity index (χ3v) is 3.18. The number of benzene rings is 1. The van der Waals surface area contributed by atoms with E-state index >= 15 is 0 Å². The van der Waals surface area contributed by atoms with Gasteiger partial charge in [0.2, 0.25) is 5.88 Å². The summed E-state index contributed by atoms with van der Waals surface area (Å²) in [6.07, 6.45) is 0. The van der Waals surface area contributed by atoms with Crippen molar-refractivity contribution in [2.75, 3.05) is 6.54 Å². The zero-order valence-corrected chi connectivity index (χ0v) is 10.5. The molecule has 4 heteroatoms. The SMILES string of the molecule is CC1CNCc2cc(OCc3ccccc3)nn21. The van der Waals surface area contributed by atoms with Gasteiger partial charge in [0, 0.05) is 19.2 Å². The van der Waals surface area contributed by atoms with Crippen molar-refractivity contribution in [2.24, 2.45) is 0 Å². The first kappa shape index (κ1) is 11.3. The van der Waals surface area contributed by atoms with Gasteiger partial charge < -0.3 is 10.1 Å². The van der Waals surface area contributed by atoms with Gasteiger partial charge in [-0.15, -0.1) is 5.10 Å². The molecule has 1 aliphatic heterocycles. The summed E-state index contributed by atoms with van der Waals surface area (Å²) in [5.74, 6) is 0.712. The molecule has 0 saturated carbocycles. The van der Waals surface area contributed by atoms with Crippen LogP contribution in [0.3, 0.4) is 0 Å². The van der Waals surface area contributed by atoms with Crippen LogP contribution in [0.15, 0.2) is 36.4 Å². The Morgan fingerprint density at radius 1 is 1.39 bits per heavy atom. The van der Waals surface area contributed by atoms with Crippen LogP contribution >= 0.6 is 0 Å². The lowest BCUT2D eigenvalue weighted by molar-refractivity contribution is 0.284. The molecular weight excluding hydrogens is 226 g/mol. The van der Waals surface area contributed by atoms with Gasteiger partial charge in [0.25, 0.3) is 0 Å². The number of hydrogen-bond donors (Lipinski definition) is 1. The standard InChI is InChI=1S/C14H17N3O/c1-11-8-15-9-13-7-14(16-17(11)13)18-10-12-5-3-2-4-6-12/h2-7,11,15H,8-10H2,1H3. The molecule has 1 aliphatic rings. The van der Waals surface area contributed by atoms with E-state index in [-0.39, 0.29) is 0 Å². The molecule has 1 aromatic carbocycles. The van der Waals surface area contributed by atoms with Gasteiger partial charge in [-0.3, -0.25) is 4.68 Å². The molecule has 0 aliphatic carbocycles. The summed E-state index contributed by atoms with van der Waals surface area (Å²) in [5.41, 5.74) is 2.35. The number of nitrogens with zero attached hydrogens (tertiary/aromatic N) is 2. The van der Waals surface area contributed by atoms with Crippen LogP contribution in [0, 0.1) is 0 Å². The molecule has 18 heavy (non-hydrogen) atoms. The van der Waals surface area contributed by atoms with Crippen LogP contribution in [-0.2, 0) is 13.2 Å². The largest absolute Gasteiger partial charge is 0.472 e. The first-order valence-electron chi connectivity index (χ1n) is 6.29. The minimum absolute atomic E-state index is 0.392. The van der Waals surface area contributed by atoms with E-state index in [1.807, 2.05) is 24.3 Å². The molecule has 0 fully saturated rings. The number of fused-ring (bicyclic) bond motifs is 1. The number of hydrogen-bond acceptors (Lipinski definition) is 3. The van der Waals surface area contributed by atoms with Crippen molar-refractivity contribution in [1.82, 2.24) is 15.1 Å². The summed E-state index contributed by atoms with van der Waals surface area (Å²) >= 11 is 0. The predicted octanol–water partition coefficient (Wildman–Crippen LogP) is 2.13. The molecule has 3 rings (SSSR count). The first-order chi connectivity index (χ1) is 8.83. The van der Waals surface area contributed by atoms with Crippen molar-refractivity contribution in [2.45, 2.75) is 26.1 Å². The van der Waals surface area contributed by atoms with Crippen LogP contribution in [0.1, 0.15) is 24.2 Å². The Morgan fingerprint density at radius 3 is 3.00 bits per heavy atom.